The molecule has 2 rings (SSSR count). The maximum atomic E-state index is 11.2. The molecule has 0 saturated heterocycles. The van der Waals surface area contributed by atoms with E-state index in [1.165, 1.54) is 6.92 Å². The van der Waals surface area contributed by atoms with Crippen molar-refractivity contribution in [3.63, 3.8) is 0 Å². The topological polar surface area (TPSA) is 89.1 Å². The standard InChI is InChI=1S/C8H7N3O3/c1-3-7(12)5-6(8(13)14-3)11-10-4(2)9-5/h12H,1-2H3. The second-order valence-electron chi connectivity index (χ2n) is 2.85. The minimum Gasteiger partial charge on any atom is -0.503 e. The summed E-state index contributed by atoms with van der Waals surface area (Å²) in [7, 11) is 0. The Morgan fingerprint density at radius 1 is 1.21 bits per heavy atom. The van der Waals surface area contributed by atoms with Crippen molar-refractivity contribution < 1.29 is 9.52 Å². The first-order chi connectivity index (χ1) is 6.59. The highest BCUT2D eigenvalue weighted by molar-refractivity contribution is 5.78. The van der Waals surface area contributed by atoms with Gasteiger partial charge in [0.2, 0.25) is 5.52 Å². The van der Waals surface area contributed by atoms with Gasteiger partial charge in [0, 0.05) is 0 Å². The van der Waals surface area contributed by atoms with E-state index >= 15 is 0 Å². The molecule has 0 aromatic carbocycles. The monoisotopic (exact) mass is 193 g/mol. The molecule has 0 atom stereocenters. The van der Waals surface area contributed by atoms with E-state index in [1.807, 2.05) is 0 Å². The SMILES string of the molecule is Cc1nnc2c(=O)oc(C)c(O)c2n1. The Morgan fingerprint density at radius 2 is 1.93 bits per heavy atom. The van der Waals surface area contributed by atoms with Gasteiger partial charge in [-0.25, -0.2) is 9.78 Å². The Bertz CT molecular complexity index is 561. The molecule has 6 heteroatoms. The lowest BCUT2D eigenvalue weighted by molar-refractivity contribution is 0.409. The van der Waals surface area contributed by atoms with Gasteiger partial charge in [0.05, 0.1) is 0 Å². The summed E-state index contributed by atoms with van der Waals surface area (Å²) in [6.45, 7) is 3.10. The molecule has 14 heavy (non-hydrogen) atoms. The highest BCUT2D eigenvalue weighted by Crippen LogP contribution is 2.21. The van der Waals surface area contributed by atoms with Crippen LogP contribution < -0.4 is 5.63 Å². The average molecular weight is 193 g/mol. The number of nitrogens with zero attached hydrogens (tertiary/aromatic N) is 3. The van der Waals surface area contributed by atoms with Crippen LogP contribution in [0.4, 0.5) is 0 Å². The van der Waals surface area contributed by atoms with Gasteiger partial charge in [-0.2, -0.15) is 0 Å². The van der Waals surface area contributed by atoms with Crippen LogP contribution in [0, 0.1) is 13.8 Å². The minimum atomic E-state index is -0.643. The molecule has 0 unspecified atom stereocenters. The molecule has 72 valence electrons. The number of aromatic hydroxyl groups is 1. The largest absolute Gasteiger partial charge is 0.503 e. The van der Waals surface area contributed by atoms with Crippen LogP contribution in [0.1, 0.15) is 11.6 Å². The van der Waals surface area contributed by atoms with Crippen LogP contribution >= 0.6 is 0 Å². The van der Waals surface area contributed by atoms with Crippen molar-refractivity contribution in [3.05, 3.63) is 22.0 Å². The van der Waals surface area contributed by atoms with E-state index in [1.54, 1.807) is 6.92 Å². The molecule has 6 nitrogen and oxygen atoms in total. The zero-order valence-corrected chi connectivity index (χ0v) is 7.61. The molecule has 2 aromatic rings. The molecular formula is C8H7N3O3. The summed E-state index contributed by atoms with van der Waals surface area (Å²) < 4.78 is 4.71. The molecule has 0 aliphatic rings. The predicted octanol–water partition coefficient (Wildman–Crippen LogP) is 0.300. The lowest BCUT2D eigenvalue weighted by Gasteiger charge is -2.00. The molecule has 2 heterocycles. The van der Waals surface area contributed by atoms with Crippen LogP contribution in [0.25, 0.3) is 11.0 Å². The van der Waals surface area contributed by atoms with Crippen LogP contribution in [-0.2, 0) is 0 Å². The van der Waals surface area contributed by atoms with Gasteiger partial charge in [0.1, 0.15) is 17.1 Å². The number of rotatable bonds is 0. The molecule has 0 radical (unpaired) electrons. The Labute approximate surface area is 78.2 Å². The van der Waals surface area contributed by atoms with Crippen molar-refractivity contribution >= 4 is 11.0 Å². The fourth-order valence-electron chi connectivity index (χ4n) is 1.11. The molecule has 0 bridgehead atoms. The van der Waals surface area contributed by atoms with Crippen LogP contribution in [0.3, 0.4) is 0 Å². The number of hydrogen-bond acceptors (Lipinski definition) is 6. The van der Waals surface area contributed by atoms with Crippen molar-refractivity contribution in [2.75, 3.05) is 0 Å². The highest BCUT2D eigenvalue weighted by atomic mass is 16.4. The first-order valence-electron chi connectivity index (χ1n) is 3.93. The maximum Gasteiger partial charge on any atom is 0.366 e. The second kappa shape index (κ2) is 2.76. The molecule has 0 aliphatic heterocycles. The summed E-state index contributed by atoms with van der Waals surface area (Å²) in [5.74, 6) is 0.345. The fraction of sp³-hybridized carbons (Fsp3) is 0.250. The lowest BCUT2D eigenvalue weighted by Crippen LogP contribution is -2.06. The summed E-state index contributed by atoms with van der Waals surface area (Å²) in [5, 5.41) is 16.8. The zero-order valence-electron chi connectivity index (χ0n) is 7.61. The van der Waals surface area contributed by atoms with Crippen molar-refractivity contribution in [2.45, 2.75) is 13.8 Å². The zero-order chi connectivity index (χ0) is 10.3. The number of fused-ring (bicyclic) bond motifs is 1. The summed E-state index contributed by atoms with van der Waals surface area (Å²) in [5.41, 5.74) is -0.569. The molecular weight excluding hydrogens is 186 g/mol. The molecule has 2 aromatic heterocycles. The molecule has 0 saturated carbocycles. The number of aromatic nitrogens is 3. The first-order valence-corrected chi connectivity index (χ1v) is 3.93. The van der Waals surface area contributed by atoms with Gasteiger partial charge in [-0.3, -0.25) is 0 Å². The second-order valence-corrected chi connectivity index (χ2v) is 2.85. The van der Waals surface area contributed by atoms with Crippen LogP contribution in [0.2, 0.25) is 0 Å². The summed E-state index contributed by atoms with van der Waals surface area (Å²) >= 11 is 0. The van der Waals surface area contributed by atoms with Gasteiger partial charge < -0.3 is 9.52 Å². The molecule has 0 spiro atoms. The van der Waals surface area contributed by atoms with E-state index in [-0.39, 0.29) is 22.5 Å². The Morgan fingerprint density at radius 3 is 2.64 bits per heavy atom. The van der Waals surface area contributed by atoms with E-state index in [9.17, 15) is 9.90 Å². The van der Waals surface area contributed by atoms with Gasteiger partial charge in [-0.1, -0.05) is 0 Å². The molecule has 0 fully saturated rings. The average Bonchev–Trinajstić information content (AvgIpc) is 2.14. The normalized spacial score (nSPS) is 10.7. The lowest BCUT2D eigenvalue weighted by atomic mass is 10.3. The van der Waals surface area contributed by atoms with E-state index in [0.29, 0.717) is 5.82 Å². The van der Waals surface area contributed by atoms with Crippen molar-refractivity contribution in [1.29, 1.82) is 0 Å². The smallest absolute Gasteiger partial charge is 0.366 e. The van der Waals surface area contributed by atoms with E-state index in [4.69, 9.17) is 4.42 Å². The summed E-state index contributed by atoms with van der Waals surface area (Å²) in [4.78, 5) is 15.2. The van der Waals surface area contributed by atoms with Gasteiger partial charge >= 0.3 is 5.63 Å². The predicted molar refractivity (Wildman–Crippen MR) is 47.0 cm³/mol. The number of aryl methyl sites for hydroxylation is 2. The van der Waals surface area contributed by atoms with Gasteiger partial charge in [-0.15, -0.1) is 10.2 Å². The van der Waals surface area contributed by atoms with Gasteiger partial charge in [0.15, 0.2) is 5.75 Å². The molecule has 0 aliphatic carbocycles. The maximum absolute atomic E-state index is 11.2. The quantitative estimate of drug-likeness (QED) is 0.647. The van der Waals surface area contributed by atoms with E-state index in [2.05, 4.69) is 15.2 Å². The van der Waals surface area contributed by atoms with Crippen molar-refractivity contribution in [2.24, 2.45) is 0 Å². The summed E-state index contributed by atoms with van der Waals surface area (Å²) in [6, 6.07) is 0. The van der Waals surface area contributed by atoms with Gasteiger partial charge in [-0.05, 0) is 13.8 Å². The van der Waals surface area contributed by atoms with Crippen molar-refractivity contribution in [3.8, 4) is 5.75 Å². The Kier molecular flexibility index (Phi) is 1.70. The van der Waals surface area contributed by atoms with Crippen LogP contribution in [0.15, 0.2) is 9.21 Å². The third kappa shape index (κ3) is 1.12. The number of hydrogen-bond donors (Lipinski definition) is 1. The Hall–Kier alpha value is -1.98. The summed E-state index contributed by atoms with van der Waals surface area (Å²) in [6.07, 6.45) is 0. The van der Waals surface area contributed by atoms with Crippen molar-refractivity contribution in [1.82, 2.24) is 15.2 Å². The van der Waals surface area contributed by atoms with Gasteiger partial charge in [0.25, 0.3) is 0 Å². The first kappa shape index (κ1) is 8.61. The van der Waals surface area contributed by atoms with E-state index < -0.39 is 5.63 Å². The van der Waals surface area contributed by atoms with Crippen LogP contribution in [-0.4, -0.2) is 20.3 Å². The fourth-order valence-corrected chi connectivity index (χ4v) is 1.11. The third-order valence-corrected chi connectivity index (χ3v) is 1.79. The Balaban J connectivity index is 3.03. The van der Waals surface area contributed by atoms with E-state index in [0.717, 1.165) is 0 Å². The van der Waals surface area contributed by atoms with Crippen LogP contribution in [0.5, 0.6) is 5.75 Å². The third-order valence-electron chi connectivity index (χ3n) is 1.79. The molecule has 1 N–H and O–H groups in total. The molecule has 0 amide bonds. The highest BCUT2D eigenvalue weighted by Gasteiger charge is 2.12. The minimum absolute atomic E-state index is 0.0568.